The number of amides is 1. The summed E-state index contributed by atoms with van der Waals surface area (Å²) in [5.41, 5.74) is 6.99. The molecule has 0 bridgehead atoms. The van der Waals surface area contributed by atoms with Gasteiger partial charge < -0.3 is 5.43 Å². The number of hydrazine groups is 2. The second-order valence-electron chi connectivity index (χ2n) is 5.20. The van der Waals surface area contributed by atoms with Crippen LogP contribution in [0.1, 0.15) is 43.5 Å². The van der Waals surface area contributed by atoms with Crippen molar-refractivity contribution in [2.24, 2.45) is 5.84 Å². The molecule has 1 aliphatic heterocycles. The largest absolute Gasteiger partial charge is 0.324 e. The molecule has 1 aliphatic rings. The van der Waals surface area contributed by atoms with Crippen LogP contribution < -0.4 is 16.7 Å². The second-order valence-corrected chi connectivity index (χ2v) is 5.20. The first-order valence-corrected chi connectivity index (χ1v) is 6.78. The van der Waals surface area contributed by atoms with E-state index in [2.05, 4.69) is 29.7 Å². The minimum Gasteiger partial charge on any atom is -0.324 e. The van der Waals surface area contributed by atoms with E-state index in [4.69, 9.17) is 5.84 Å². The second kappa shape index (κ2) is 6.04. The average molecular weight is 262 g/mol. The van der Waals surface area contributed by atoms with Gasteiger partial charge in [-0.1, -0.05) is 6.42 Å². The molecule has 2 atom stereocenters. The van der Waals surface area contributed by atoms with Gasteiger partial charge in [0.05, 0.1) is 0 Å². The quantitative estimate of drug-likeness (QED) is 0.574. The topological polar surface area (TPSA) is 70.4 Å². The van der Waals surface area contributed by atoms with Crippen LogP contribution in [0.3, 0.4) is 0 Å². The number of carbonyl (C=O) groups excluding carboxylic acids is 1. The Bertz CT molecular complexity index is 422. The molecule has 0 saturated carbocycles. The smallest absolute Gasteiger partial charge is 0.265 e. The number of nitrogens with one attached hydrogen (secondary N) is 2. The van der Waals surface area contributed by atoms with Crippen molar-refractivity contribution in [3.05, 3.63) is 29.8 Å². The zero-order chi connectivity index (χ0) is 13.8. The molecular formula is C14H22N4O. The molecule has 2 unspecified atom stereocenters. The standard InChI is InChI=1S/C14H22N4O/c1-10-4-3-5-11(2)18(10)17-14(19)12-6-8-13(16-15)9-7-12/h6-11,16H,3-5,15H2,1-2H3,(H,17,19). The summed E-state index contributed by atoms with van der Waals surface area (Å²) in [5.74, 6) is 5.24. The molecule has 0 spiro atoms. The van der Waals surface area contributed by atoms with Gasteiger partial charge in [-0.05, 0) is 51.0 Å². The lowest BCUT2D eigenvalue weighted by Crippen LogP contribution is -2.54. The summed E-state index contributed by atoms with van der Waals surface area (Å²) < 4.78 is 0. The van der Waals surface area contributed by atoms with E-state index in [0.29, 0.717) is 17.6 Å². The highest BCUT2D eigenvalue weighted by Crippen LogP contribution is 2.20. The van der Waals surface area contributed by atoms with Crippen LogP contribution in [0.4, 0.5) is 5.69 Å². The van der Waals surface area contributed by atoms with Crippen LogP contribution in [0, 0.1) is 0 Å². The maximum atomic E-state index is 12.2. The number of anilines is 1. The lowest BCUT2D eigenvalue weighted by atomic mass is 10.00. The summed E-state index contributed by atoms with van der Waals surface area (Å²) in [4.78, 5) is 12.2. The van der Waals surface area contributed by atoms with Crippen LogP contribution in [0.5, 0.6) is 0 Å². The summed E-state index contributed by atoms with van der Waals surface area (Å²) >= 11 is 0. The zero-order valence-electron chi connectivity index (χ0n) is 11.5. The highest BCUT2D eigenvalue weighted by atomic mass is 16.2. The molecule has 1 amide bonds. The number of piperidine rings is 1. The fraction of sp³-hybridized carbons (Fsp3) is 0.500. The molecule has 5 nitrogen and oxygen atoms in total. The maximum Gasteiger partial charge on any atom is 0.265 e. The Labute approximate surface area is 114 Å². The van der Waals surface area contributed by atoms with Crippen LogP contribution in [0.25, 0.3) is 0 Å². The number of hydrogen-bond acceptors (Lipinski definition) is 4. The zero-order valence-corrected chi connectivity index (χ0v) is 11.5. The van der Waals surface area contributed by atoms with Gasteiger partial charge >= 0.3 is 0 Å². The highest BCUT2D eigenvalue weighted by Gasteiger charge is 2.26. The number of nitrogens with two attached hydrogens (primary N) is 1. The van der Waals surface area contributed by atoms with E-state index < -0.39 is 0 Å². The minimum atomic E-state index is -0.0656. The van der Waals surface area contributed by atoms with E-state index in [9.17, 15) is 4.79 Å². The van der Waals surface area contributed by atoms with Gasteiger partial charge in [-0.15, -0.1) is 0 Å². The van der Waals surface area contributed by atoms with Crippen molar-refractivity contribution in [3.8, 4) is 0 Å². The van der Waals surface area contributed by atoms with Gasteiger partial charge in [0.2, 0.25) is 0 Å². The van der Waals surface area contributed by atoms with E-state index in [1.165, 1.54) is 6.42 Å². The number of hydrogen-bond donors (Lipinski definition) is 3. The Hall–Kier alpha value is -1.59. The molecule has 5 heteroatoms. The molecular weight excluding hydrogens is 240 g/mol. The fourth-order valence-corrected chi connectivity index (χ4v) is 2.54. The molecule has 1 saturated heterocycles. The van der Waals surface area contributed by atoms with Crippen molar-refractivity contribution in [1.82, 2.24) is 10.4 Å². The summed E-state index contributed by atoms with van der Waals surface area (Å²) in [5, 5.41) is 2.07. The van der Waals surface area contributed by atoms with Crippen molar-refractivity contribution >= 4 is 11.6 Å². The normalized spacial score (nSPS) is 23.9. The molecule has 1 heterocycles. The summed E-state index contributed by atoms with van der Waals surface area (Å²) in [6.07, 6.45) is 3.48. The van der Waals surface area contributed by atoms with Gasteiger partial charge in [0.25, 0.3) is 5.91 Å². The number of nitrogen functional groups attached to an aromatic ring is 1. The molecule has 104 valence electrons. The lowest BCUT2D eigenvalue weighted by Gasteiger charge is -2.38. The summed E-state index contributed by atoms with van der Waals surface area (Å²) in [6, 6.07) is 7.89. The van der Waals surface area contributed by atoms with Gasteiger partial charge in [-0.2, -0.15) is 0 Å². The fourth-order valence-electron chi connectivity index (χ4n) is 2.54. The molecule has 1 aromatic carbocycles. The molecule has 19 heavy (non-hydrogen) atoms. The predicted molar refractivity (Wildman–Crippen MR) is 76.3 cm³/mol. The van der Waals surface area contributed by atoms with Gasteiger partial charge in [0.1, 0.15) is 0 Å². The Balaban J connectivity index is 2.02. The van der Waals surface area contributed by atoms with Crippen LogP contribution in [-0.2, 0) is 0 Å². The SMILES string of the molecule is CC1CCCC(C)N1NC(=O)c1ccc(NN)cc1. The van der Waals surface area contributed by atoms with Crippen molar-refractivity contribution in [1.29, 1.82) is 0 Å². The van der Waals surface area contributed by atoms with Crippen LogP contribution >= 0.6 is 0 Å². The van der Waals surface area contributed by atoms with Gasteiger partial charge in [-0.25, -0.2) is 5.01 Å². The molecule has 0 aromatic heterocycles. The third-order valence-corrected chi connectivity index (χ3v) is 3.74. The number of carbonyl (C=O) groups is 1. The van der Waals surface area contributed by atoms with Crippen LogP contribution in [0.15, 0.2) is 24.3 Å². The molecule has 1 aromatic rings. The molecule has 0 radical (unpaired) electrons. The van der Waals surface area contributed by atoms with Crippen molar-refractivity contribution in [2.75, 3.05) is 5.43 Å². The summed E-state index contributed by atoms with van der Waals surface area (Å²) in [6.45, 7) is 4.30. The van der Waals surface area contributed by atoms with E-state index in [1.807, 2.05) is 0 Å². The Morgan fingerprint density at radius 2 is 1.79 bits per heavy atom. The van der Waals surface area contributed by atoms with Crippen LogP contribution in [0.2, 0.25) is 0 Å². The van der Waals surface area contributed by atoms with Crippen molar-refractivity contribution in [2.45, 2.75) is 45.2 Å². The molecule has 1 fully saturated rings. The van der Waals surface area contributed by atoms with Gasteiger partial charge in [-0.3, -0.25) is 16.1 Å². The number of nitrogens with zero attached hydrogens (tertiary/aromatic N) is 1. The predicted octanol–water partition coefficient (Wildman–Crippen LogP) is 1.88. The van der Waals surface area contributed by atoms with Crippen molar-refractivity contribution < 1.29 is 4.79 Å². The Kier molecular flexibility index (Phi) is 4.39. The molecule has 4 N–H and O–H groups in total. The highest BCUT2D eigenvalue weighted by molar-refractivity contribution is 5.94. The van der Waals surface area contributed by atoms with E-state index in [0.717, 1.165) is 18.5 Å². The van der Waals surface area contributed by atoms with Gasteiger partial charge in [0, 0.05) is 23.3 Å². The first kappa shape index (κ1) is 13.8. The summed E-state index contributed by atoms with van der Waals surface area (Å²) in [7, 11) is 0. The van der Waals surface area contributed by atoms with E-state index >= 15 is 0 Å². The third-order valence-electron chi connectivity index (χ3n) is 3.74. The van der Waals surface area contributed by atoms with Gasteiger partial charge in [0.15, 0.2) is 0 Å². The first-order valence-electron chi connectivity index (χ1n) is 6.78. The molecule has 0 aliphatic carbocycles. The Morgan fingerprint density at radius 1 is 1.21 bits per heavy atom. The number of rotatable bonds is 3. The third kappa shape index (κ3) is 3.24. The monoisotopic (exact) mass is 262 g/mol. The maximum absolute atomic E-state index is 12.2. The first-order chi connectivity index (χ1) is 9.11. The minimum absolute atomic E-state index is 0.0656. The lowest BCUT2D eigenvalue weighted by molar-refractivity contribution is 0.0370. The van der Waals surface area contributed by atoms with Crippen molar-refractivity contribution in [3.63, 3.8) is 0 Å². The Morgan fingerprint density at radius 3 is 2.32 bits per heavy atom. The molecule has 2 rings (SSSR count). The van der Waals surface area contributed by atoms with Crippen LogP contribution in [-0.4, -0.2) is 23.0 Å². The average Bonchev–Trinajstić information content (AvgIpc) is 2.43. The number of benzene rings is 1. The van der Waals surface area contributed by atoms with E-state index in [1.54, 1.807) is 24.3 Å². The van der Waals surface area contributed by atoms with E-state index in [-0.39, 0.29) is 5.91 Å².